The summed E-state index contributed by atoms with van der Waals surface area (Å²) in [5.41, 5.74) is -0.790. The first-order valence-corrected chi connectivity index (χ1v) is 5.50. The Morgan fingerprint density at radius 2 is 1.71 bits per heavy atom. The number of hydrogen-bond donors (Lipinski definition) is 2. The Morgan fingerprint density at radius 3 is 1.93 bits per heavy atom. The minimum atomic E-state index is -0.667. The van der Waals surface area contributed by atoms with Crippen molar-refractivity contribution < 1.29 is 10.2 Å². The molecule has 2 nitrogen and oxygen atoms in total. The zero-order valence-corrected chi connectivity index (χ0v) is 10.1. The summed E-state index contributed by atoms with van der Waals surface area (Å²) in [4.78, 5) is 0. The van der Waals surface area contributed by atoms with Gasteiger partial charge in [-0.2, -0.15) is 0 Å². The van der Waals surface area contributed by atoms with Gasteiger partial charge in [-0.3, -0.25) is 0 Å². The Hall–Kier alpha value is -0.0800. The number of hydrogen-bond acceptors (Lipinski definition) is 2. The van der Waals surface area contributed by atoms with Crippen molar-refractivity contribution in [1.29, 1.82) is 0 Å². The van der Waals surface area contributed by atoms with Gasteiger partial charge in [-0.25, -0.2) is 0 Å². The van der Waals surface area contributed by atoms with Crippen LogP contribution in [0.15, 0.2) is 0 Å². The van der Waals surface area contributed by atoms with Gasteiger partial charge < -0.3 is 10.2 Å². The van der Waals surface area contributed by atoms with Crippen molar-refractivity contribution in [1.82, 2.24) is 0 Å². The fraction of sp³-hybridized carbons (Fsp3) is 1.00. The maximum atomic E-state index is 10.5. The van der Waals surface area contributed by atoms with E-state index in [0.717, 1.165) is 12.8 Å². The average molecular weight is 200 g/mol. The third kappa shape index (κ3) is 1.59. The Balaban J connectivity index is 2.82. The first-order valence-electron chi connectivity index (χ1n) is 5.50. The van der Waals surface area contributed by atoms with Crippen LogP contribution in [-0.2, 0) is 0 Å². The average Bonchev–Trinajstić information content (AvgIpc) is 1.98. The van der Waals surface area contributed by atoms with Crippen molar-refractivity contribution in [3.63, 3.8) is 0 Å². The van der Waals surface area contributed by atoms with E-state index in [1.807, 2.05) is 6.92 Å². The lowest BCUT2D eigenvalue weighted by atomic mass is 9.49. The maximum absolute atomic E-state index is 10.5. The molecule has 1 unspecified atom stereocenters. The van der Waals surface area contributed by atoms with Gasteiger partial charge in [0.2, 0.25) is 0 Å². The van der Waals surface area contributed by atoms with Gasteiger partial charge in [0, 0.05) is 5.41 Å². The molecule has 84 valence electrons. The first kappa shape index (κ1) is 12.0. The molecule has 0 saturated heterocycles. The summed E-state index contributed by atoms with van der Waals surface area (Å²) in [6, 6.07) is 0. The molecular weight excluding hydrogens is 176 g/mol. The van der Waals surface area contributed by atoms with E-state index in [2.05, 4.69) is 27.7 Å². The molecule has 2 N–H and O–H groups in total. The molecule has 0 aliphatic heterocycles. The molecule has 1 saturated carbocycles. The maximum Gasteiger partial charge on any atom is 0.0735 e. The predicted molar refractivity (Wildman–Crippen MR) is 58.0 cm³/mol. The molecule has 1 aliphatic carbocycles. The lowest BCUT2D eigenvalue weighted by Crippen LogP contribution is -2.62. The van der Waals surface area contributed by atoms with E-state index in [1.54, 1.807) is 0 Å². The van der Waals surface area contributed by atoms with Gasteiger partial charge in [0.15, 0.2) is 0 Å². The molecule has 0 aromatic heterocycles. The summed E-state index contributed by atoms with van der Waals surface area (Å²) in [7, 11) is 0. The third-order valence-electron chi connectivity index (χ3n) is 4.21. The summed E-state index contributed by atoms with van der Waals surface area (Å²) in [5.74, 6) is 0.300. The first-order chi connectivity index (χ1) is 6.17. The Bertz CT molecular complexity index is 212. The summed E-state index contributed by atoms with van der Waals surface area (Å²) in [5, 5.41) is 19.9. The molecule has 1 rings (SSSR count). The van der Waals surface area contributed by atoms with Crippen LogP contribution in [0.5, 0.6) is 0 Å². The van der Waals surface area contributed by atoms with E-state index in [1.165, 1.54) is 0 Å². The van der Waals surface area contributed by atoms with E-state index in [0.29, 0.717) is 5.92 Å². The van der Waals surface area contributed by atoms with Crippen molar-refractivity contribution in [3.8, 4) is 0 Å². The molecule has 0 amide bonds. The molecule has 0 aromatic rings. The second-order valence-corrected chi connectivity index (χ2v) is 6.28. The summed E-state index contributed by atoms with van der Waals surface area (Å²) in [6.45, 7) is 10.5. The van der Waals surface area contributed by atoms with Crippen molar-refractivity contribution in [3.05, 3.63) is 0 Å². The van der Waals surface area contributed by atoms with E-state index < -0.39 is 5.60 Å². The molecular formula is C12H24O2. The van der Waals surface area contributed by atoms with Gasteiger partial charge in [-0.05, 0) is 24.2 Å². The van der Waals surface area contributed by atoms with Gasteiger partial charge in [-0.1, -0.05) is 34.6 Å². The molecule has 1 atom stereocenters. The van der Waals surface area contributed by atoms with Crippen LogP contribution in [0.3, 0.4) is 0 Å². The summed E-state index contributed by atoms with van der Waals surface area (Å²) >= 11 is 0. The number of rotatable bonds is 3. The molecule has 0 heterocycles. The Labute approximate surface area is 87.3 Å². The van der Waals surface area contributed by atoms with Crippen LogP contribution in [0.25, 0.3) is 0 Å². The molecule has 0 bridgehead atoms. The molecule has 0 aromatic carbocycles. The van der Waals surface area contributed by atoms with Crippen molar-refractivity contribution in [2.24, 2.45) is 16.7 Å². The van der Waals surface area contributed by atoms with Gasteiger partial charge in [0.25, 0.3) is 0 Å². The second-order valence-electron chi connectivity index (χ2n) is 6.28. The fourth-order valence-corrected chi connectivity index (χ4v) is 2.80. The molecule has 0 radical (unpaired) electrons. The standard InChI is InChI=1S/C12H24O2/c1-9(2)11(5,8-13)12(14)6-10(3,4)7-12/h9,13-14H,6-8H2,1-5H3. The van der Waals surface area contributed by atoms with Crippen LogP contribution >= 0.6 is 0 Å². The molecule has 1 fully saturated rings. The largest absolute Gasteiger partial charge is 0.396 e. The SMILES string of the molecule is CC(C)C(C)(CO)C1(O)CC(C)(C)C1. The lowest BCUT2D eigenvalue weighted by molar-refractivity contribution is -0.215. The highest BCUT2D eigenvalue weighted by Gasteiger charge is 2.58. The molecule has 2 heteroatoms. The molecule has 0 spiro atoms. The van der Waals surface area contributed by atoms with E-state index >= 15 is 0 Å². The van der Waals surface area contributed by atoms with Gasteiger partial charge in [0.05, 0.1) is 12.2 Å². The zero-order chi connectivity index (χ0) is 11.2. The quantitative estimate of drug-likeness (QED) is 0.733. The van der Waals surface area contributed by atoms with E-state index in [-0.39, 0.29) is 17.4 Å². The van der Waals surface area contributed by atoms with Crippen LogP contribution < -0.4 is 0 Å². The zero-order valence-electron chi connectivity index (χ0n) is 10.1. The van der Waals surface area contributed by atoms with Gasteiger partial charge in [-0.15, -0.1) is 0 Å². The Morgan fingerprint density at radius 1 is 1.29 bits per heavy atom. The minimum absolute atomic E-state index is 0.0667. The molecule has 14 heavy (non-hydrogen) atoms. The summed E-state index contributed by atoms with van der Waals surface area (Å²) < 4.78 is 0. The van der Waals surface area contributed by atoms with Crippen LogP contribution in [0.1, 0.15) is 47.5 Å². The topological polar surface area (TPSA) is 40.5 Å². The number of aliphatic hydroxyl groups excluding tert-OH is 1. The summed E-state index contributed by atoms with van der Waals surface area (Å²) in [6.07, 6.45) is 1.60. The molecule has 1 aliphatic rings. The van der Waals surface area contributed by atoms with Crippen molar-refractivity contribution in [2.75, 3.05) is 6.61 Å². The number of aliphatic hydroxyl groups is 2. The predicted octanol–water partition coefficient (Wildman–Crippen LogP) is 2.19. The van der Waals surface area contributed by atoms with Crippen molar-refractivity contribution in [2.45, 2.75) is 53.1 Å². The third-order valence-corrected chi connectivity index (χ3v) is 4.21. The highest BCUT2D eigenvalue weighted by molar-refractivity contribution is 5.09. The second kappa shape index (κ2) is 3.21. The monoisotopic (exact) mass is 200 g/mol. The van der Waals surface area contributed by atoms with E-state index in [9.17, 15) is 10.2 Å². The lowest BCUT2D eigenvalue weighted by Gasteiger charge is -2.59. The van der Waals surface area contributed by atoms with Crippen LogP contribution in [-0.4, -0.2) is 22.4 Å². The highest BCUT2D eigenvalue weighted by Crippen LogP contribution is 2.58. The highest BCUT2D eigenvalue weighted by atomic mass is 16.3. The smallest absolute Gasteiger partial charge is 0.0735 e. The van der Waals surface area contributed by atoms with E-state index in [4.69, 9.17) is 0 Å². The van der Waals surface area contributed by atoms with Gasteiger partial charge in [0.1, 0.15) is 0 Å². The fourth-order valence-electron chi connectivity index (χ4n) is 2.80. The van der Waals surface area contributed by atoms with Crippen molar-refractivity contribution >= 4 is 0 Å². The van der Waals surface area contributed by atoms with Crippen LogP contribution in [0, 0.1) is 16.7 Å². The Kier molecular flexibility index (Phi) is 2.75. The van der Waals surface area contributed by atoms with Crippen LogP contribution in [0.2, 0.25) is 0 Å². The van der Waals surface area contributed by atoms with Crippen LogP contribution in [0.4, 0.5) is 0 Å². The normalized spacial score (nSPS) is 28.3. The van der Waals surface area contributed by atoms with Gasteiger partial charge >= 0.3 is 0 Å². The minimum Gasteiger partial charge on any atom is -0.396 e.